The first-order valence-corrected chi connectivity index (χ1v) is 7.96. The SMILES string of the molecule is CCC1(C(=O)O)CCCN1C(=O)N1CCCC(CCO)C1. The second-order valence-corrected chi connectivity index (χ2v) is 6.19. The number of amides is 2. The molecule has 2 unspecified atom stereocenters. The van der Waals surface area contributed by atoms with Crippen LogP contribution >= 0.6 is 0 Å². The molecule has 2 N–H and O–H groups in total. The fourth-order valence-electron chi connectivity index (χ4n) is 3.73. The smallest absolute Gasteiger partial charge is 0.329 e. The first-order valence-electron chi connectivity index (χ1n) is 7.96. The molecule has 0 aromatic heterocycles. The van der Waals surface area contributed by atoms with Crippen LogP contribution in [0.25, 0.3) is 0 Å². The molecule has 2 amide bonds. The quantitative estimate of drug-likeness (QED) is 0.824. The third-order valence-electron chi connectivity index (χ3n) is 5.03. The Kier molecular flexibility index (Phi) is 5.08. The van der Waals surface area contributed by atoms with E-state index in [1.54, 1.807) is 9.80 Å². The normalized spacial score (nSPS) is 29.7. The summed E-state index contributed by atoms with van der Waals surface area (Å²) >= 11 is 0. The van der Waals surface area contributed by atoms with Crippen LogP contribution in [-0.2, 0) is 4.79 Å². The van der Waals surface area contributed by atoms with E-state index in [2.05, 4.69) is 0 Å². The van der Waals surface area contributed by atoms with Crippen LogP contribution in [0.15, 0.2) is 0 Å². The van der Waals surface area contributed by atoms with E-state index < -0.39 is 11.5 Å². The van der Waals surface area contributed by atoms with Crippen molar-refractivity contribution in [2.45, 2.75) is 51.0 Å². The third kappa shape index (κ3) is 3.00. The lowest BCUT2D eigenvalue weighted by Crippen LogP contribution is -2.57. The topological polar surface area (TPSA) is 81.1 Å². The van der Waals surface area contributed by atoms with Crippen molar-refractivity contribution in [2.75, 3.05) is 26.2 Å². The summed E-state index contributed by atoms with van der Waals surface area (Å²) in [7, 11) is 0. The molecule has 2 aliphatic rings. The van der Waals surface area contributed by atoms with Crippen molar-refractivity contribution in [2.24, 2.45) is 5.92 Å². The van der Waals surface area contributed by atoms with E-state index in [0.717, 1.165) is 19.3 Å². The van der Waals surface area contributed by atoms with E-state index in [4.69, 9.17) is 5.11 Å². The van der Waals surface area contributed by atoms with Gasteiger partial charge in [-0.05, 0) is 44.4 Å². The highest BCUT2D eigenvalue weighted by Gasteiger charge is 2.49. The molecule has 0 saturated carbocycles. The zero-order valence-corrected chi connectivity index (χ0v) is 12.8. The average molecular weight is 298 g/mol. The molecule has 0 spiro atoms. The van der Waals surface area contributed by atoms with Crippen molar-refractivity contribution >= 4 is 12.0 Å². The van der Waals surface area contributed by atoms with E-state index in [-0.39, 0.29) is 12.6 Å². The number of piperidine rings is 1. The van der Waals surface area contributed by atoms with E-state index >= 15 is 0 Å². The Morgan fingerprint density at radius 1 is 1.29 bits per heavy atom. The Hall–Kier alpha value is -1.30. The van der Waals surface area contributed by atoms with Crippen molar-refractivity contribution in [3.8, 4) is 0 Å². The first-order chi connectivity index (χ1) is 10.0. The van der Waals surface area contributed by atoms with Gasteiger partial charge in [-0.2, -0.15) is 0 Å². The van der Waals surface area contributed by atoms with Crippen molar-refractivity contribution in [1.82, 2.24) is 9.80 Å². The summed E-state index contributed by atoms with van der Waals surface area (Å²) in [5.74, 6) is -0.559. The van der Waals surface area contributed by atoms with Crippen LogP contribution in [0.2, 0.25) is 0 Å². The Balaban J connectivity index is 2.09. The monoisotopic (exact) mass is 298 g/mol. The Morgan fingerprint density at radius 2 is 2.05 bits per heavy atom. The molecule has 21 heavy (non-hydrogen) atoms. The number of likely N-dealkylation sites (tertiary alicyclic amines) is 2. The average Bonchev–Trinajstić information content (AvgIpc) is 2.92. The van der Waals surface area contributed by atoms with E-state index in [0.29, 0.717) is 44.8 Å². The maximum absolute atomic E-state index is 12.8. The molecule has 2 atom stereocenters. The van der Waals surface area contributed by atoms with Crippen LogP contribution in [0, 0.1) is 5.92 Å². The molecular weight excluding hydrogens is 272 g/mol. The molecule has 6 nitrogen and oxygen atoms in total. The second kappa shape index (κ2) is 6.64. The fraction of sp³-hybridized carbons (Fsp3) is 0.867. The van der Waals surface area contributed by atoms with E-state index in [1.165, 1.54) is 0 Å². The fourth-order valence-corrected chi connectivity index (χ4v) is 3.73. The third-order valence-corrected chi connectivity index (χ3v) is 5.03. The molecule has 2 rings (SSSR count). The van der Waals surface area contributed by atoms with Crippen LogP contribution in [0.1, 0.15) is 45.4 Å². The lowest BCUT2D eigenvalue weighted by molar-refractivity contribution is -0.148. The number of aliphatic carboxylic acids is 1. The lowest BCUT2D eigenvalue weighted by Gasteiger charge is -2.40. The molecule has 2 heterocycles. The highest BCUT2D eigenvalue weighted by molar-refractivity contribution is 5.87. The summed E-state index contributed by atoms with van der Waals surface area (Å²) in [6.45, 7) is 3.83. The zero-order chi connectivity index (χ0) is 15.5. The molecule has 120 valence electrons. The van der Waals surface area contributed by atoms with Gasteiger partial charge < -0.3 is 20.0 Å². The summed E-state index contributed by atoms with van der Waals surface area (Å²) in [5.41, 5.74) is -1.03. The number of aliphatic hydroxyl groups excluding tert-OH is 1. The molecule has 6 heteroatoms. The van der Waals surface area contributed by atoms with Crippen molar-refractivity contribution in [3.63, 3.8) is 0 Å². The number of rotatable bonds is 4. The highest BCUT2D eigenvalue weighted by Crippen LogP contribution is 2.34. The Morgan fingerprint density at radius 3 is 2.67 bits per heavy atom. The minimum absolute atomic E-state index is 0.139. The second-order valence-electron chi connectivity index (χ2n) is 6.19. The van der Waals surface area contributed by atoms with Crippen LogP contribution in [0.4, 0.5) is 4.79 Å². The number of carbonyl (C=O) groups is 2. The van der Waals surface area contributed by atoms with Gasteiger partial charge >= 0.3 is 12.0 Å². The van der Waals surface area contributed by atoms with Crippen molar-refractivity contribution < 1.29 is 19.8 Å². The van der Waals surface area contributed by atoms with E-state index in [9.17, 15) is 14.7 Å². The molecule has 0 bridgehead atoms. The predicted molar refractivity (Wildman–Crippen MR) is 78.0 cm³/mol. The molecular formula is C15H26N2O4. The number of carboxylic acid groups (broad SMARTS) is 1. The molecule has 2 aliphatic heterocycles. The summed E-state index contributed by atoms with van der Waals surface area (Å²) in [6, 6.07) is -0.139. The maximum atomic E-state index is 12.8. The number of hydrogen-bond donors (Lipinski definition) is 2. The molecule has 0 aromatic rings. The van der Waals surface area contributed by atoms with Crippen LogP contribution in [0.5, 0.6) is 0 Å². The predicted octanol–water partition coefficient (Wildman–Crippen LogP) is 1.53. The van der Waals surface area contributed by atoms with Crippen molar-refractivity contribution in [1.29, 1.82) is 0 Å². The molecule has 0 radical (unpaired) electrons. The minimum Gasteiger partial charge on any atom is -0.479 e. The Labute approximate surface area is 125 Å². The van der Waals surface area contributed by atoms with Gasteiger partial charge in [-0.3, -0.25) is 0 Å². The number of carbonyl (C=O) groups excluding carboxylic acids is 1. The minimum atomic E-state index is -1.03. The molecule has 0 aliphatic carbocycles. The maximum Gasteiger partial charge on any atom is 0.329 e. The van der Waals surface area contributed by atoms with Crippen molar-refractivity contribution in [3.05, 3.63) is 0 Å². The van der Waals surface area contributed by atoms with E-state index in [1.807, 2.05) is 6.92 Å². The number of carboxylic acids is 1. The summed E-state index contributed by atoms with van der Waals surface area (Å²) in [5, 5.41) is 18.6. The van der Waals surface area contributed by atoms with Gasteiger partial charge in [0.05, 0.1) is 0 Å². The standard InChI is InChI=1S/C15H26N2O4/c1-2-15(13(19)20)7-4-9-17(15)14(21)16-8-3-5-12(11-16)6-10-18/h12,18H,2-11H2,1H3,(H,19,20). The van der Waals surface area contributed by atoms with Crippen LogP contribution in [0.3, 0.4) is 0 Å². The number of nitrogens with zero attached hydrogens (tertiary/aromatic N) is 2. The lowest BCUT2D eigenvalue weighted by atomic mass is 9.92. The van der Waals surface area contributed by atoms with Gasteiger partial charge in [0.1, 0.15) is 5.54 Å². The van der Waals surface area contributed by atoms with Gasteiger partial charge in [0, 0.05) is 26.2 Å². The number of hydrogen-bond acceptors (Lipinski definition) is 3. The summed E-state index contributed by atoms with van der Waals surface area (Å²) in [4.78, 5) is 27.8. The molecule has 2 fully saturated rings. The molecule has 0 aromatic carbocycles. The van der Waals surface area contributed by atoms with Crippen LogP contribution < -0.4 is 0 Å². The largest absolute Gasteiger partial charge is 0.479 e. The van der Waals surface area contributed by atoms with Gasteiger partial charge in [-0.25, -0.2) is 9.59 Å². The molecule has 2 saturated heterocycles. The Bertz CT molecular complexity index is 399. The number of aliphatic hydroxyl groups is 1. The van der Waals surface area contributed by atoms with Crippen LogP contribution in [-0.4, -0.2) is 63.8 Å². The first kappa shape index (κ1) is 16.1. The van der Waals surface area contributed by atoms with Gasteiger partial charge in [0.15, 0.2) is 0 Å². The number of urea groups is 1. The highest BCUT2D eigenvalue weighted by atomic mass is 16.4. The zero-order valence-electron chi connectivity index (χ0n) is 12.8. The summed E-state index contributed by atoms with van der Waals surface area (Å²) < 4.78 is 0. The van der Waals surface area contributed by atoms with Gasteiger partial charge in [0.25, 0.3) is 0 Å². The van der Waals surface area contributed by atoms with Gasteiger partial charge in [0.2, 0.25) is 0 Å². The van der Waals surface area contributed by atoms with Gasteiger partial charge in [-0.1, -0.05) is 6.92 Å². The van der Waals surface area contributed by atoms with Gasteiger partial charge in [-0.15, -0.1) is 0 Å². The summed E-state index contributed by atoms with van der Waals surface area (Å²) in [6.07, 6.45) is 4.40.